The van der Waals surface area contributed by atoms with E-state index in [9.17, 15) is 0 Å². The fourth-order valence-electron chi connectivity index (χ4n) is 0. The molecule has 0 saturated heterocycles. The van der Waals surface area contributed by atoms with Crippen LogP contribution >= 0.6 is 0 Å². The molecule has 0 aromatic heterocycles. The quantitative estimate of drug-likeness (QED) is 0.414. The minimum Gasteiger partial charge on any atom is -0.346 e. The minimum absolute atomic E-state index is 0. The molecule has 0 bridgehead atoms. The topological polar surface area (TPSA) is 0 Å². The predicted octanol–water partition coefficient (Wildman–Crippen LogP) is 5.03. The molecule has 0 fully saturated rings. The zero-order valence-electron chi connectivity index (χ0n) is 12.4. The molecule has 0 amide bonds. The van der Waals surface area contributed by atoms with Crippen LogP contribution in [-0.2, 0) is 58.4 Å². The van der Waals surface area contributed by atoms with Crippen LogP contribution in [0.1, 0.15) is 41.5 Å². The van der Waals surface area contributed by atoms with Crippen molar-refractivity contribution in [2.45, 2.75) is 41.5 Å². The van der Waals surface area contributed by atoms with Gasteiger partial charge in [-0.15, -0.1) is 0 Å². The molecule has 0 nitrogen and oxygen atoms in total. The summed E-state index contributed by atoms with van der Waals surface area (Å²) >= 11 is 0. The maximum absolute atomic E-state index is 3.25. The van der Waals surface area contributed by atoms with Crippen molar-refractivity contribution in [3.05, 3.63) is 41.5 Å². The SMILES string of the molecule is [CH2-]C.[CH2-]C.[CH2-]C.[CH2-]C.[CH2-]C.[CH2-]C.[Zn+2].[Zn+2].[Zn+2]. The molecule has 0 rings (SSSR count). The predicted molar refractivity (Wildman–Crippen MR) is 66.2 cm³/mol. The first-order chi connectivity index (χ1) is 6.00. The van der Waals surface area contributed by atoms with Crippen LogP contribution in [0.3, 0.4) is 0 Å². The molecule has 0 aliphatic carbocycles. The monoisotopic (exact) mass is 366 g/mol. The normalized spacial score (nSPS) is 2.40. The smallest absolute Gasteiger partial charge is 0.346 e. The summed E-state index contributed by atoms with van der Waals surface area (Å²) in [5, 5.41) is 0. The number of hydrogen-bond acceptors (Lipinski definition) is 0. The first kappa shape index (κ1) is 68.6. The van der Waals surface area contributed by atoms with Crippen molar-refractivity contribution in [3.8, 4) is 0 Å². The summed E-state index contributed by atoms with van der Waals surface area (Å²) in [7, 11) is 0. The molecule has 0 radical (unpaired) electrons. The van der Waals surface area contributed by atoms with Crippen LogP contribution in [0, 0.1) is 41.5 Å². The third kappa shape index (κ3) is 873. The average molecular weight is 371 g/mol. The summed E-state index contributed by atoms with van der Waals surface area (Å²) in [6, 6.07) is 0. The molecule has 0 atom stereocenters. The molecule has 0 aliphatic rings. The van der Waals surface area contributed by atoms with Crippen LogP contribution in [0.15, 0.2) is 0 Å². The Labute approximate surface area is 140 Å². The Morgan fingerprint density at radius 3 is 0.267 bits per heavy atom. The molecular formula is C12H30Zn3. The standard InChI is InChI=1S/6C2H5.3Zn/c6*1-2;;;/h6*1H2,2H3;;;/q6*-1;3*+2. The van der Waals surface area contributed by atoms with Gasteiger partial charge in [0.05, 0.1) is 0 Å². The summed E-state index contributed by atoms with van der Waals surface area (Å²) in [6.07, 6.45) is 0. The van der Waals surface area contributed by atoms with Crippen molar-refractivity contribution < 1.29 is 58.4 Å². The van der Waals surface area contributed by atoms with Gasteiger partial charge in [-0.05, 0) is 0 Å². The third-order valence-electron chi connectivity index (χ3n) is 0. The summed E-state index contributed by atoms with van der Waals surface area (Å²) in [5.74, 6) is 0. The van der Waals surface area contributed by atoms with E-state index in [4.69, 9.17) is 0 Å². The minimum atomic E-state index is 0. The van der Waals surface area contributed by atoms with Gasteiger partial charge < -0.3 is 41.5 Å². The Kier molecular flexibility index (Phi) is 4590. The van der Waals surface area contributed by atoms with Gasteiger partial charge in [0.25, 0.3) is 0 Å². The number of rotatable bonds is 0. The van der Waals surface area contributed by atoms with Crippen LogP contribution < -0.4 is 0 Å². The van der Waals surface area contributed by atoms with Crippen LogP contribution in [-0.4, -0.2) is 0 Å². The van der Waals surface area contributed by atoms with E-state index in [1.165, 1.54) is 0 Å². The van der Waals surface area contributed by atoms with E-state index in [1.807, 2.05) is 0 Å². The van der Waals surface area contributed by atoms with Crippen molar-refractivity contribution in [2.75, 3.05) is 0 Å². The van der Waals surface area contributed by atoms with Gasteiger partial charge in [-0.3, -0.25) is 0 Å². The van der Waals surface area contributed by atoms with Crippen molar-refractivity contribution in [2.24, 2.45) is 0 Å². The van der Waals surface area contributed by atoms with Gasteiger partial charge in [-0.25, -0.2) is 0 Å². The molecule has 84 valence electrons. The Bertz CT molecular complexity index is 10.8. The molecule has 0 spiro atoms. The van der Waals surface area contributed by atoms with Gasteiger partial charge in [-0.1, -0.05) is 0 Å². The van der Waals surface area contributed by atoms with Crippen molar-refractivity contribution in [1.82, 2.24) is 0 Å². The fourth-order valence-corrected chi connectivity index (χ4v) is 0. The van der Waals surface area contributed by atoms with Gasteiger partial charge in [0.1, 0.15) is 0 Å². The first-order valence-electron chi connectivity index (χ1n) is 4.24. The summed E-state index contributed by atoms with van der Waals surface area (Å²) in [6.45, 7) is 30.0. The average Bonchev–Trinajstić information content (AvgIpc) is 2.33. The zero-order valence-corrected chi connectivity index (χ0v) is 21.3. The largest absolute Gasteiger partial charge is 2.00 e. The molecule has 0 unspecified atom stereocenters. The second-order valence-electron chi connectivity index (χ2n) is 0. The summed E-state index contributed by atoms with van der Waals surface area (Å²) in [4.78, 5) is 0. The zero-order chi connectivity index (χ0) is 12.0. The number of hydrogen-bond donors (Lipinski definition) is 0. The Morgan fingerprint density at radius 2 is 0.267 bits per heavy atom. The fraction of sp³-hybridized carbons (Fsp3) is 0.500. The second-order valence-corrected chi connectivity index (χ2v) is 0. The van der Waals surface area contributed by atoms with Crippen molar-refractivity contribution in [3.63, 3.8) is 0 Å². The molecule has 0 aromatic rings. The van der Waals surface area contributed by atoms with E-state index in [0.29, 0.717) is 0 Å². The molecule has 0 saturated carbocycles. The summed E-state index contributed by atoms with van der Waals surface area (Å²) in [5.41, 5.74) is 0. The van der Waals surface area contributed by atoms with E-state index in [2.05, 4.69) is 41.5 Å². The molecule has 0 aromatic carbocycles. The van der Waals surface area contributed by atoms with E-state index >= 15 is 0 Å². The van der Waals surface area contributed by atoms with Crippen LogP contribution in [0.5, 0.6) is 0 Å². The van der Waals surface area contributed by atoms with Gasteiger partial charge in [0.15, 0.2) is 0 Å². The maximum Gasteiger partial charge on any atom is 2.00 e. The van der Waals surface area contributed by atoms with Gasteiger partial charge in [0.2, 0.25) is 0 Å². The van der Waals surface area contributed by atoms with Crippen LogP contribution in [0.25, 0.3) is 0 Å². The van der Waals surface area contributed by atoms with Gasteiger partial charge in [0, 0.05) is 0 Å². The first-order valence-corrected chi connectivity index (χ1v) is 4.24. The van der Waals surface area contributed by atoms with E-state index in [1.54, 1.807) is 41.5 Å². The van der Waals surface area contributed by atoms with Gasteiger partial charge in [-0.2, -0.15) is 41.5 Å². The molecule has 15 heavy (non-hydrogen) atoms. The molecule has 3 heteroatoms. The Morgan fingerprint density at radius 1 is 0.267 bits per heavy atom. The van der Waals surface area contributed by atoms with E-state index in [-0.39, 0.29) is 58.4 Å². The van der Waals surface area contributed by atoms with Crippen molar-refractivity contribution in [1.29, 1.82) is 0 Å². The molecular weight excluding hydrogens is 340 g/mol. The Balaban J connectivity index is -0.00000000396. The maximum atomic E-state index is 3.25. The van der Waals surface area contributed by atoms with Gasteiger partial charge >= 0.3 is 58.4 Å². The van der Waals surface area contributed by atoms with Crippen LogP contribution in [0.4, 0.5) is 0 Å². The van der Waals surface area contributed by atoms with E-state index in [0.717, 1.165) is 0 Å². The molecule has 0 N–H and O–H groups in total. The third-order valence-corrected chi connectivity index (χ3v) is 0. The van der Waals surface area contributed by atoms with Crippen LogP contribution in [0.2, 0.25) is 0 Å². The molecule has 0 aliphatic heterocycles. The van der Waals surface area contributed by atoms with Crippen molar-refractivity contribution >= 4 is 0 Å². The van der Waals surface area contributed by atoms with E-state index < -0.39 is 0 Å². The molecule has 0 heterocycles. The summed E-state index contributed by atoms with van der Waals surface area (Å²) < 4.78 is 0. The second kappa shape index (κ2) is 1000. The Hall–Kier alpha value is 1.87.